The van der Waals surface area contributed by atoms with E-state index in [0.29, 0.717) is 11.2 Å². The molecule has 19 heavy (non-hydrogen) atoms. The number of H-pyrrole nitrogens is 1. The van der Waals surface area contributed by atoms with Gasteiger partial charge in [0.25, 0.3) is 0 Å². The van der Waals surface area contributed by atoms with Crippen LogP contribution in [-0.2, 0) is 5.41 Å². The van der Waals surface area contributed by atoms with Gasteiger partial charge in [0.05, 0.1) is 11.1 Å². The standard InChI is InChI=1S/C14H17N3O2/c1-2-14(6-3-4-7-14)13-16-10-9(12(18)19)5-8-15-11(10)17-13/h5,8H,2-4,6-7H2,1H3,(H,18,19)(H,15,16,17). The van der Waals surface area contributed by atoms with Gasteiger partial charge in [-0.25, -0.2) is 14.8 Å². The Bertz CT molecular complexity index is 627. The first-order chi connectivity index (χ1) is 9.16. The quantitative estimate of drug-likeness (QED) is 0.888. The molecule has 5 nitrogen and oxygen atoms in total. The minimum atomic E-state index is -0.945. The minimum Gasteiger partial charge on any atom is -0.478 e. The van der Waals surface area contributed by atoms with Crippen LogP contribution < -0.4 is 0 Å². The Morgan fingerprint density at radius 1 is 1.47 bits per heavy atom. The number of hydrogen-bond acceptors (Lipinski definition) is 3. The monoisotopic (exact) mass is 259 g/mol. The second-order valence-electron chi connectivity index (χ2n) is 5.29. The zero-order valence-corrected chi connectivity index (χ0v) is 10.9. The van der Waals surface area contributed by atoms with Crippen molar-refractivity contribution < 1.29 is 9.90 Å². The molecule has 2 N–H and O–H groups in total. The first-order valence-corrected chi connectivity index (χ1v) is 6.75. The average Bonchev–Trinajstić information content (AvgIpc) is 3.05. The maximum absolute atomic E-state index is 11.2. The molecular formula is C14H17N3O2. The molecule has 0 unspecified atom stereocenters. The molecule has 2 heterocycles. The smallest absolute Gasteiger partial charge is 0.338 e. The number of fused-ring (bicyclic) bond motifs is 1. The van der Waals surface area contributed by atoms with Gasteiger partial charge in [-0.3, -0.25) is 0 Å². The lowest BCUT2D eigenvalue weighted by Gasteiger charge is -2.24. The largest absolute Gasteiger partial charge is 0.478 e. The highest BCUT2D eigenvalue weighted by Gasteiger charge is 2.37. The van der Waals surface area contributed by atoms with Gasteiger partial charge >= 0.3 is 5.97 Å². The Balaban J connectivity index is 2.16. The Hall–Kier alpha value is -1.91. The molecule has 0 amide bonds. The van der Waals surface area contributed by atoms with Crippen LogP contribution in [0, 0.1) is 0 Å². The molecule has 0 aliphatic heterocycles. The van der Waals surface area contributed by atoms with Crippen molar-refractivity contribution in [3.05, 3.63) is 23.7 Å². The molecule has 0 saturated heterocycles. The number of nitrogens with one attached hydrogen (secondary N) is 1. The van der Waals surface area contributed by atoms with E-state index in [0.717, 1.165) is 25.1 Å². The zero-order valence-electron chi connectivity index (χ0n) is 10.9. The third-order valence-electron chi connectivity index (χ3n) is 4.36. The zero-order chi connectivity index (χ0) is 13.5. The van der Waals surface area contributed by atoms with Gasteiger partial charge in [0, 0.05) is 11.6 Å². The van der Waals surface area contributed by atoms with Crippen molar-refractivity contribution in [1.29, 1.82) is 0 Å². The number of aromatic carboxylic acids is 1. The van der Waals surface area contributed by atoms with Crippen LogP contribution in [0.1, 0.15) is 55.2 Å². The van der Waals surface area contributed by atoms with Gasteiger partial charge in [-0.05, 0) is 25.3 Å². The second-order valence-corrected chi connectivity index (χ2v) is 5.29. The van der Waals surface area contributed by atoms with Gasteiger partial charge in [-0.15, -0.1) is 0 Å². The first-order valence-electron chi connectivity index (χ1n) is 6.75. The predicted octanol–water partition coefficient (Wildman–Crippen LogP) is 2.88. The van der Waals surface area contributed by atoms with Gasteiger partial charge < -0.3 is 10.1 Å². The van der Waals surface area contributed by atoms with Crippen LogP contribution >= 0.6 is 0 Å². The maximum Gasteiger partial charge on any atom is 0.338 e. The van der Waals surface area contributed by atoms with Crippen molar-refractivity contribution in [3.8, 4) is 0 Å². The molecule has 0 radical (unpaired) electrons. The number of rotatable bonds is 3. The summed E-state index contributed by atoms with van der Waals surface area (Å²) in [5, 5.41) is 9.20. The Labute approximate surface area is 111 Å². The van der Waals surface area contributed by atoms with Crippen LogP contribution in [0.4, 0.5) is 0 Å². The molecule has 0 bridgehead atoms. The summed E-state index contributed by atoms with van der Waals surface area (Å²) in [6.45, 7) is 2.17. The number of pyridine rings is 1. The fourth-order valence-electron chi connectivity index (χ4n) is 3.15. The molecule has 1 aliphatic carbocycles. The molecular weight excluding hydrogens is 242 g/mol. The van der Waals surface area contributed by atoms with Crippen molar-refractivity contribution in [2.45, 2.75) is 44.4 Å². The number of imidazole rings is 1. The molecule has 2 aromatic heterocycles. The van der Waals surface area contributed by atoms with Crippen molar-refractivity contribution >= 4 is 17.1 Å². The Morgan fingerprint density at radius 3 is 2.84 bits per heavy atom. The van der Waals surface area contributed by atoms with Crippen molar-refractivity contribution in [2.75, 3.05) is 0 Å². The highest BCUT2D eigenvalue weighted by molar-refractivity contribution is 5.99. The molecule has 1 fully saturated rings. The van der Waals surface area contributed by atoms with E-state index < -0.39 is 5.97 Å². The van der Waals surface area contributed by atoms with Gasteiger partial charge in [0.15, 0.2) is 5.65 Å². The molecule has 0 spiro atoms. The summed E-state index contributed by atoms with van der Waals surface area (Å²) >= 11 is 0. The normalized spacial score (nSPS) is 17.9. The fraction of sp³-hybridized carbons (Fsp3) is 0.500. The third-order valence-corrected chi connectivity index (χ3v) is 4.36. The van der Waals surface area contributed by atoms with Gasteiger partial charge in [-0.1, -0.05) is 19.8 Å². The van der Waals surface area contributed by atoms with Crippen molar-refractivity contribution in [1.82, 2.24) is 15.0 Å². The SMILES string of the molecule is CCC1(c2nc3nccc(C(=O)O)c3[nH]2)CCCC1. The molecule has 1 aliphatic rings. The van der Waals surface area contributed by atoms with Crippen LogP contribution in [0.15, 0.2) is 12.3 Å². The maximum atomic E-state index is 11.2. The van der Waals surface area contributed by atoms with Crippen molar-refractivity contribution in [2.24, 2.45) is 0 Å². The topological polar surface area (TPSA) is 78.9 Å². The first kappa shape index (κ1) is 12.1. The number of nitrogens with zero attached hydrogens (tertiary/aromatic N) is 2. The summed E-state index contributed by atoms with van der Waals surface area (Å²) in [7, 11) is 0. The van der Waals surface area contributed by atoms with Crippen molar-refractivity contribution in [3.63, 3.8) is 0 Å². The van der Waals surface area contributed by atoms with E-state index in [2.05, 4.69) is 21.9 Å². The van der Waals surface area contributed by atoms with Crippen LogP contribution in [0.25, 0.3) is 11.2 Å². The highest BCUT2D eigenvalue weighted by Crippen LogP contribution is 2.42. The molecule has 100 valence electrons. The molecule has 0 aromatic carbocycles. The Morgan fingerprint density at radius 2 is 2.21 bits per heavy atom. The number of aromatic nitrogens is 3. The van der Waals surface area contributed by atoms with E-state index in [9.17, 15) is 9.90 Å². The van der Waals surface area contributed by atoms with Crippen LogP contribution in [-0.4, -0.2) is 26.0 Å². The fourth-order valence-corrected chi connectivity index (χ4v) is 3.15. The van der Waals surface area contributed by atoms with Crippen LogP contribution in [0.5, 0.6) is 0 Å². The van der Waals surface area contributed by atoms with Gasteiger partial charge in [0.1, 0.15) is 5.82 Å². The third kappa shape index (κ3) is 1.80. The van der Waals surface area contributed by atoms with Gasteiger partial charge in [-0.2, -0.15) is 0 Å². The van der Waals surface area contributed by atoms with E-state index >= 15 is 0 Å². The molecule has 1 saturated carbocycles. The van der Waals surface area contributed by atoms with Crippen LogP contribution in [0.3, 0.4) is 0 Å². The van der Waals surface area contributed by atoms with E-state index in [1.807, 2.05) is 0 Å². The number of carboxylic acid groups (broad SMARTS) is 1. The Kier molecular flexibility index (Phi) is 2.77. The van der Waals surface area contributed by atoms with Gasteiger partial charge in [0.2, 0.25) is 0 Å². The average molecular weight is 259 g/mol. The van der Waals surface area contributed by atoms with E-state index in [1.54, 1.807) is 0 Å². The lowest BCUT2D eigenvalue weighted by molar-refractivity contribution is 0.0698. The number of carboxylic acids is 1. The summed E-state index contributed by atoms with van der Waals surface area (Å²) in [5.74, 6) is -0.0386. The molecule has 3 rings (SSSR count). The molecule has 0 atom stereocenters. The summed E-state index contributed by atoms with van der Waals surface area (Å²) in [5.41, 5.74) is 1.38. The number of hydrogen-bond donors (Lipinski definition) is 2. The van der Waals surface area contributed by atoms with E-state index in [4.69, 9.17) is 0 Å². The highest BCUT2D eigenvalue weighted by atomic mass is 16.4. The number of carbonyl (C=O) groups is 1. The van der Waals surface area contributed by atoms with Crippen LogP contribution in [0.2, 0.25) is 0 Å². The second kappa shape index (κ2) is 4.33. The summed E-state index contributed by atoms with van der Waals surface area (Å²) in [4.78, 5) is 23.2. The number of aromatic amines is 1. The molecule has 2 aromatic rings. The predicted molar refractivity (Wildman–Crippen MR) is 71.3 cm³/mol. The summed E-state index contributed by atoms with van der Waals surface area (Å²) in [6.07, 6.45) is 7.19. The summed E-state index contributed by atoms with van der Waals surface area (Å²) < 4.78 is 0. The molecule has 5 heteroatoms. The summed E-state index contributed by atoms with van der Waals surface area (Å²) in [6, 6.07) is 1.51. The van der Waals surface area contributed by atoms with E-state index in [1.165, 1.54) is 25.1 Å². The van der Waals surface area contributed by atoms with E-state index in [-0.39, 0.29) is 11.0 Å². The lowest BCUT2D eigenvalue weighted by Crippen LogP contribution is -2.22. The minimum absolute atomic E-state index is 0.0798. The lowest BCUT2D eigenvalue weighted by atomic mass is 9.83.